The van der Waals surface area contributed by atoms with Crippen molar-refractivity contribution < 1.29 is 4.79 Å². The molecule has 18 heavy (non-hydrogen) atoms. The minimum atomic E-state index is -0.829. The van der Waals surface area contributed by atoms with Crippen molar-refractivity contribution in [3.8, 4) is 0 Å². The smallest absolute Gasteiger partial charge is 0.294 e. The SMILES string of the molecule is CC(C)(Cn1nc2cnccn2c1=O)C(=O)NN. The molecule has 2 rings (SSSR count). The minimum Gasteiger partial charge on any atom is -0.294 e. The fourth-order valence-corrected chi connectivity index (χ4v) is 1.62. The summed E-state index contributed by atoms with van der Waals surface area (Å²) in [5.74, 6) is 4.75. The first-order valence-corrected chi connectivity index (χ1v) is 5.36. The van der Waals surface area contributed by atoms with Crippen LogP contribution in [-0.4, -0.2) is 25.1 Å². The van der Waals surface area contributed by atoms with E-state index in [2.05, 4.69) is 15.5 Å². The molecule has 3 N–H and O–H groups in total. The standard InChI is InChI=1S/C10H14N6O2/c1-10(2,8(17)13-11)6-16-9(18)15-4-3-12-5-7(15)14-16/h3-5H,6,11H2,1-2H3,(H,13,17). The molecule has 0 radical (unpaired) electrons. The maximum atomic E-state index is 12.0. The van der Waals surface area contributed by atoms with Crippen LogP contribution in [-0.2, 0) is 11.3 Å². The van der Waals surface area contributed by atoms with E-state index in [0.717, 1.165) is 0 Å². The Bertz CT molecular complexity index is 641. The van der Waals surface area contributed by atoms with E-state index < -0.39 is 5.41 Å². The number of rotatable bonds is 3. The highest BCUT2D eigenvalue weighted by atomic mass is 16.2. The summed E-state index contributed by atoms with van der Waals surface area (Å²) in [6.07, 6.45) is 4.50. The normalized spacial score (nSPS) is 11.7. The highest BCUT2D eigenvalue weighted by Gasteiger charge is 2.29. The van der Waals surface area contributed by atoms with Crippen LogP contribution in [0.25, 0.3) is 5.65 Å². The number of amides is 1. The van der Waals surface area contributed by atoms with E-state index in [1.165, 1.54) is 27.7 Å². The van der Waals surface area contributed by atoms with Crippen molar-refractivity contribution in [1.29, 1.82) is 0 Å². The first-order chi connectivity index (χ1) is 8.45. The lowest BCUT2D eigenvalue weighted by Gasteiger charge is -2.21. The third-order valence-electron chi connectivity index (χ3n) is 2.68. The van der Waals surface area contributed by atoms with Crippen LogP contribution in [0.1, 0.15) is 13.8 Å². The van der Waals surface area contributed by atoms with Gasteiger partial charge in [0.1, 0.15) is 0 Å². The molecule has 0 aliphatic heterocycles. The van der Waals surface area contributed by atoms with Gasteiger partial charge in [0, 0.05) is 12.4 Å². The van der Waals surface area contributed by atoms with Crippen LogP contribution in [0.5, 0.6) is 0 Å². The quantitative estimate of drug-likeness (QED) is 0.409. The second-order valence-corrected chi connectivity index (χ2v) is 4.60. The van der Waals surface area contributed by atoms with Gasteiger partial charge in [-0.25, -0.2) is 19.7 Å². The molecule has 2 aromatic heterocycles. The van der Waals surface area contributed by atoms with Crippen LogP contribution in [0.3, 0.4) is 0 Å². The average molecular weight is 250 g/mol. The molecular formula is C10H14N6O2. The Kier molecular flexibility index (Phi) is 2.87. The maximum Gasteiger partial charge on any atom is 0.350 e. The molecule has 8 heteroatoms. The second kappa shape index (κ2) is 4.22. The molecule has 8 nitrogen and oxygen atoms in total. The summed E-state index contributed by atoms with van der Waals surface area (Å²) >= 11 is 0. The predicted molar refractivity (Wildman–Crippen MR) is 63.4 cm³/mol. The average Bonchev–Trinajstić information content (AvgIpc) is 2.65. The van der Waals surface area contributed by atoms with E-state index >= 15 is 0 Å². The number of hydrogen-bond acceptors (Lipinski definition) is 5. The Morgan fingerprint density at radius 3 is 2.89 bits per heavy atom. The molecule has 0 aromatic carbocycles. The van der Waals surface area contributed by atoms with Crippen LogP contribution in [0.4, 0.5) is 0 Å². The number of hydrogen-bond donors (Lipinski definition) is 2. The topological polar surface area (TPSA) is 107 Å². The largest absolute Gasteiger partial charge is 0.350 e. The number of fused-ring (bicyclic) bond motifs is 1. The zero-order valence-electron chi connectivity index (χ0n) is 10.1. The highest BCUT2D eigenvalue weighted by molar-refractivity contribution is 5.81. The van der Waals surface area contributed by atoms with Gasteiger partial charge in [-0.05, 0) is 13.8 Å². The first kappa shape index (κ1) is 12.2. The van der Waals surface area contributed by atoms with Gasteiger partial charge >= 0.3 is 5.69 Å². The van der Waals surface area contributed by atoms with Crippen LogP contribution >= 0.6 is 0 Å². The lowest BCUT2D eigenvalue weighted by molar-refractivity contribution is -0.130. The Labute approximate surface area is 102 Å². The second-order valence-electron chi connectivity index (χ2n) is 4.60. The van der Waals surface area contributed by atoms with Gasteiger partial charge < -0.3 is 0 Å². The molecule has 96 valence electrons. The molecule has 0 aliphatic carbocycles. The number of hydrazine groups is 1. The van der Waals surface area contributed by atoms with E-state index in [1.807, 2.05) is 0 Å². The zero-order valence-corrected chi connectivity index (χ0v) is 10.1. The fourth-order valence-electron chi connectivity index (χ4n) is 1.62. The number of carbonyl (C=O) groups excluding carboxylic acids is 1. The fraction of sp³-hybridized carbons (Fsp3) is 0.400. The summed E-state index contributed by atoms with van der Waals surface area (Å²) in [5, 5.41) is 4.10. The highest BCUT2D eigenvalue weighted by Crippen LogP contribution is 2.16. The van der Waals surface area contributed by atoms with Crippen molar-refractivity contribution in [2.45, 2.75) is 20.4 Å². The molecular weight excluding hydrogens is 236 g/mol. The number of nitrogens with zero attached hydrogens (tertiary/aromatic N) is 4. The molecule has 1 amide bonds. The van der Waals surface area contributed by atoms with Crippen LogP contribution in [0, 0.1) is 5.41 Å². The zero-order chi connectivity index (χ0) is 13.3. The van der Waals surface area contributed by atoms with Gasteiger partial charge in [0.25, 0.3) is 0 Å². The van der Waals surface area contributed by atoms with Crippen molar-refractivity contribution in [3.63, 3.8) is 0 Å². The number of carbonyl (C=O) groups is 1. The van der Waals surface area contributed by atoms with Crippen molar-refractivity contribution in [3.05, 3.63) is 29.1 Å². The maximum absolute atomic E-state index is 12.0. The summed E-state index contributed by atoms with van der Waals surface area (Å²) in [5.41, 5.74) is 1.37. The van der Waals surface area contributed by atoms with E-state index in [9.17, 15) is 9.59 Å². The molecule has 0 unspecified atom stereocenters. The third-order valence-corrected chi connectivity index (χ3v) is 2.68. The predicted octanol–water partition coefficient (Wildman–Crippen LogP) is -1.09. The molecule has 0 bridgehead atoms. The molecule has 0 atom stereocenters. The summed E-state index contributed by atoms with van der Waals surface area (Å²) in [6, 6.07) is 0. The number of nitrogens with two attached hydrogens (primary N) is 1. The van der Waals surface area contributed by atoms with Crippen molar-refractivity contribution >= 4 is 11.6 Å². The van der Waals surface area contributed by atoms with Crippen molar-refractivity contribution in [1.82, 2.24) is 24.6 Å². The molecule has 0 saturated carbocycles. The van der Waals surface area contributed by atoms with Gasteiger partial charge in [0.2, 0.25) is 5.91 Å². The van der Waals surface area contributed by atoms with Gasteiger partial charge in [-0.1, -0.05) is 0 Å². The lowest BCUT2D eigenvalue weighted by atomic mass is 9.93. The molecule has 0 saturated heterocycles. The number of nitrogens with one attached hydrogen (secondary N) is 1. The van der Waals surface area contributed by atoms with Crippen LogP contribution in [0.15, 0.2) is 23.4 Å². The molecule has 0 spiro atoms. The Morgan fingerprint density at radius 2 is 2.28 bits per heavy atom. The van der Waals surface area contributed by atoms with Gasteiger partial charge in [-0.3, -0.25) is 15.2 Å². The lowest BCUT2D eigenvalue weighted by Crippen LogP contribution is -2.44. The van der Waals surface area contributed by atoms with Crippen molar-refractivity contribution in [2.24, 2.45) is 11.3 Å². The first-order valence-electron chi connectivity index (χ1n) is 5.36. The Morgan fingerprint density at radius 1 is 1.56 bits per heavy atom. The van der Waals surface area contributed by atoms with Gasteiger partial charge in [-0.2, -0.15) is 0 Å². The van der Waals surface area contributed by atoms with E-state index in [-0.39, 0.29) is 18.1 Å². The molecule has 2 aromatic rings. The van der Waals surface area contributed by atoms with E-state index in [0.29, 0.717) is 5.65 Å². The van der Waals surface area contributed by atoms with Gasteiger partial charge in [0.15, 0.2) is 5.65 Å². The van der Waals surface area contributed by atoms with E-state index in [1.54, 1.807) is 13.8 Å². The number of aromatic nitrogens is 4. The molecule has 0 fully saturated rings. The summed E-state index contributed by atoms with van der Waals surface area (Å²) in [7, 11) is 0. The van der Waals surface area contributed by atoms with Crippen molar-refractivity contribution in [2.75, 3.05) is 0 Å². The monoisotopic (exact) mass is 250 g/mol. The van der Waals surface area contributed by atoms with Crippen LogP contribution < -0.4 is 17.0 Å². The minimum absolute atomic E-state index is 0.135. The van der Waals surface area contributed by atoms with Crippen LogP contribution in [0.2, 0.25) is 0 Å². The van der Waals surface area contributed by atoms with E-state index in [4.69, 9.17) is 5.84 Å². The summed E-state index contributed by atoms with van der Waals surface area (Å²) in [4.78, 5) is 27.4. The molecule has 2 heterocycles. The Hall–Kier alpha value is -2.22. The third kappa shape index (κ3) is 1.97. The van der Waals surface area contributed by atoms with Gasteiger partial charge in [-0.15, -0.1) is 5.10 Å². The Balaban J connectivity index is 2.41. The summed E-state index contributed by atoms with van der Waals surface area (Å²) < 4.78 is 2.59. The van der Waals surface area contributed by atoms with Gasteiger partial charge in [0.05, 0.1) is 18.2 Å². The molecule has 0 aliphatic rings. The summed E-state index contributed by atoms with van der Waals surface area (Å²) in [6.45, 7) is 3.50.